The molecule has 0 unspecified atom stereocenters. The van der Waals surface area contributed by atoms with Gasteiger partial charge in [-0.1, -0.05) is 35.9 Å². The number of hydrazone groups is 1. The van der Waals surface area contributed by atoms with Gasteiger partial charge in [-0.2, -0.15) is 5.10 Å². The number of hydrogen-bond donors (Lipinski definition) is 2. The van der Waals surface area contributed by atoms with E-state index in [1.54, 1.807) is 47.1 Å². The van der Waals surface area contributed by atoms with Crippen LogP contribution < -0.4 is 24.4 Å². The van der Waals surface area contributed by atoms with Crippen molar-refractivity contribution in [1.82, 2.24) is 5.43 Å². The lowest BCUT2D eigenvalue weighted by Gasteiger charge is -2.19. The van der Waals surface area contributed by atoms with Crippen molar-refractivity contribution >= 4 is 29.4 Å². The van der Waals surface area contributed by atoms with E-state index in [0.29, 0.717) is 11.5 Å². The maximum atomic E-state index is 12.1. The van der Waals surface area contributed by atoms with Crippen LogP contribution in [0, 0.1) is 0 Å². The van der Waals surface area contributed by atoms with Crippen LogP contribution in [0.3, 0.4) is 0 Å². The van der Waals surface area contributed by atoms with Crippen LogP contribution in [0.15, 0.2) is 65.8 Å². The van der Waals surface area contributed by atoms with E-state index in [-0.39, 0.29) is 35.3 Å². The Morgan fingerprint density at radius 1 is 0.850 bits per heavy atom. The molecule has 11 heteroatoms. The second-order valence-electron chi connectivity index (χ2n) is 9.41. The second kappa shape index (κ2) is 13.6. The fraction of sp³-hybridized carbons (Fsp3) is 0.276. The first kappa shape index (κ1) is 30.1. The first-order valence-corrected chi connectivity index (χ1v) is 12.5. The van der Waals surface area contributed by atoms with Crippen LogP contribution >= 0.6 is 11.6 Å². The van der Waals surface area contributed by atoms with Gasteiger partial charge in [-0.25, -0.2) is 15.0 Å². The van der Waals surface area contributed by atoms with Gasteiger partial charge in [0.25, 0.3) is 0 Å². The highest BCUT2D eigenvalue weighted by Gasteiger charge is 2.24. The molecule has 0 heterocycles. The summed E-state index contributed by atoms with van der Waals surface area (Å²) in [5.41, 5.74) is 2.45. The van der Waals surface area contributed by atoms with Crippen LogP contribution in [0.25, 0.3) is 0 Å². The molecule has 10 nitrogen and oxygen atoms in total. The van der Waals surface area contributed by atoms with Crippen LogP contribution in [0.4, 0.5) is 4.79 Å². The number of amides is 1. The third-order valence-corrected chi connectivity index (χ3v) is 5.65. The van der Waals surface area contributed by atoms with Crippen LogP contribution in [0.5, 0.6) is 23.0 Å². The number of benzene rings is 3. The smallest absolute Gasteiger partial charge is 0.428 e. The third kappa shape index (κ3) is 8.54. The summed E-state index contributed by atoms with van der Waals surface area (Å²) < 4.78 is 27.5. The van der Waals surface area contributed by atoms with Gasteiger partial charge in [0.1, 0.15) is 30.3 Å². The number of carbonyl (C=O) groups excluding carboxylic acids is 1. The fourth-order valence-corrected chi connectivity index (χ4v) is 3.66. The molecule has 0 spiro atoms. The zero-order valence-electron chi connectivity index (χ0n) is 22.8. The summed E-state index contributed by atoms with van der Waals surface area (Å²) in [5, 5.41) is 13.5. The zero-order valence-corrected chi connectivity index (χ0v) is 23.6. The minimum atomic E-state index is -1.43. The van der Waals surface area contributed by atoms with Crippen LogP contribution in [0.2, 0.25) is 5.02 Å². The SMILES string of the molecule is COc1ccc(COc2ccc(/C(=N/NC(=O)OC(C)(C)C)C(=O)O)c(Cl)c2OCc2ccc(OC)cc2)cc1. The van der Waals surface area contributed by atoms with Gasteiger partial charge in [0.2, 0.25) is 0 Å². The van der Waals surface area contributed by atoms with Crippen molar-refractivity contribution in [3.05, 3.63) is 82.4 Å². The van der Waals surface area contributed by atoms with Crippen LogP contribution in [-0.2, 0) is 22.7 Å². The lowest BCUT2D eigenvalue weighted by Crippen LogP contribution is -2.31. The molecule has 1 amide bonds. The van der Waals surface area contributed by atoms with E-state index < -0.39 is 23.4 Å². The van der Waals surface area contributed by atoms with E-state index in [9.17, 15) is 14.7 Å². The summed E-state index contributed by atoms with van der Waals surface area (Å²) in [6, 6.07) is 17.5. The van der Waals surface area contributed by atoms with Gasteiger partial charge in [-0.05, 0) is 68.3 Å². The van der Waals surface area contributed by atoms with E-state index in [0.717, 1.165) is 11.1 Å². The largest absolute Gasteiger partial charge is 0.497 e. The van der Waals surface area contributed by atoms with Crippen molar-refractivity contribution in [3.63, 3.8) is 0 Å². The molecule has 0 radical (unpaired) electrons. The van der Waals surface area contributed by atoms with Crippen molar-refractivity contribution in [2.75, 3.05) is 14.2 Å². The molecule has 40 heavy (non-hydrogen) atoms. The molecular formula is C29H31ClN2O8. The van der Waals surface area contributed by atoms with E-state index in [2.05, 4.69) is 10.5 Å². The van der Waals surface area contributed by atoms with E-state index >= 15 is 0 Å². The van der Waals surface area contributed by atoms with Crippen LogP contribution in [-0.4, -0.2) is 42.7 Å². The standard InChI is InChI=1S/C29H31ClN2O8/c1-29(2,3)40-28(35)32-31-25(27(33)34)22-14-15-23(38-16-18-6-10-20(36-4)11-7-18)26(24(22)30)39-17-19-8-12-21(37-5)13-9-19/h6-15H,16-17H2,1-5H3,(H,32,35)(H,33,34)/b31-25-. The number of halogens is 1. The molecule has 3 aromatic carbocycles. The highest BCUT2D eigenvalue weighted by Crippen LogP contribution is 2.39. The van der Waals surface area contributed by atoms with Gasteiger partial charge in [0, 0.05) is 5.56 Å². The van der Waals surface area contributed by atoms with Crippen molar-refractivity contribution in [2.24, 2.45) is 5.10 Å². The Hall–Kier alpha value is -4.44. The quantitative estimate of drug-likeness (QED) is 0.218. The molecule has 2 N–H and O–H groups in total. The molecule has 3 aromatic rings. The summed E-state index contributed by atoms with van der Waals surface area (Å²) >= 11 is 6.68. The molecule has 212 valence electrons. The Balaban J connectivity index is 1.93. The maximum absolute atomic E-state index is 12.1. The number of carbonyl (C=O) groups is 2. The molecule has 3 rings (SSSR count). The first-order valence-electron chi connectivity index (χ1n) is 12.1. The molecule has 0 saturated carbocycles. The number of ether oxygens (including phenoxy) is 5. The molecule has 0 aliphatic carbocycles. The van der Waals surface area contributed by atoms with Gasteiger partial charge in [0.05, 0.1) is 19.2 Å². The van der Waals surface area contributed by atoms with E-state index in [4.69, 9.17) is 35.3 Å². The maximum Gasteiger partial charge on any atom is 0.428 e. The summed E-state index contributed by atoms with van der Waals surface area (Å²) in [4.78, 5) is 24.1. The van der Waals surface area contributed by atoms with E-state index in [1.807, 2.05) is 36.4 Å². The average Bonchev–Trinajstić information content (AvgIpc) is 2.91. The Morgan fingerprint density at radius 2 is 1.38 bits per heavy atom. The molecule has 0 saturated heterocycles. The minimum Gasteiger partial charge on any atom is -0.497 e. The van der Waals surface area contributed by atoms with Crippen LogP contribution in [0.1, 0.15) is 37.5 Å². The topological polar surface area (TPSA) is 125 Å². The highest BCUT2D eigenvalue weighted by atomic mass is 35.5. The summed E-state index contributed by atoms with van der Waals surface area (Å²) in [5.74, 6) is 0.357. The summed E-state index contributed by atoms with van der Waals surface area (Å²) in [6.07, 6.45) is -0.919. The number of hydrogen-bond acceptors (Lipinski definition) is 8. The second-order valence-corrected chi connectivity index (χ2v) is 9.79. The molecule has 0 bridgehead atoms. The van der Waals surface area contributed by atoms with Gasteiger partial charge >= 0.3 is 12.1 Å². The lowest BCUT2D eigenvalue weighted by molar-refractivity contribution is -0.129. The molecule has 0 aromatic heterocycles. The molecular weight excluding hydrogens is 540 g/mol. The predicted molar refractivity (Wildman–Crippen MR) is 150 cm³/mol. The number of nitrogens with zero attached hydrogens (tertiary/aromatic N) is 1. The Bertz CT molecular complexity index is 1350. The predicted octanol–water partition coefficient (Wildman–Crippen LogP) is 5.83. The molecule has 0 aliphatic rings. The molecule has 0 aliphatic heterocycles. The zero-order chi connectivity index (χ0) is 29.3. The monoisotopic (exact) mass is 570 g/mol. The van der Waals surface area contributed by atoms with Gasteiger partial charge in [-0.3, -0.25) is 0 Å². The Kier molecular flexibility index (Phi) is 10.2. The third-order valence-electron chi connectivity index (χ3n) is 5.27. The van der Waals surface area contributed by atoms with Crippen molar-refractivity contribution in [2.45, 2.75) is 39.6 Å². The van der Waals surface area contributed by atoms with Gasteiger partial charge in [-0.15, -0.1) is 0 Å². The average molecular weight is 571 g/mol. The number of carboxylic acids is 1. The number of methoxy groups -OCH3 is 2. The van der Waals surface area contributed by atoms with Crippen molar-refractivity contribution < 1.29 is 38.4 Å². The Labute approximate surface area is 237 Å². The lowest BCUT2D eigenvalue weighted by atomic mass is 10.1. The molecule has 0 fully saturated rings. The minimum absolute atomic E-state index is 0.00625. The molecule has 0 atom stereocenters. The van der Waals surface area contributed by atoms with Gasteiger partial charge < -0.3 is 28.8 Å². The first-order chi connectivity index (χ1) is 19.0. The number of rotatable bonds is 11. The summed E-state index contributed by atoms with van der Waals surface area (Å²) in [6.45, 7) is 5.29. The summed E-state index contributed by atoms with van der Waals surface area (Å²) in [7, 11) is 3.15. The normalized spacial score (nSPS) is 11.4. The number of carboxylic acid groups (broad SMARTS) is 1. The Morgan fingerprint density at radius 3 is 1.85 bits per heavy atom. The van der Waals surface area contributed by atoms with Gasteiger partial charge in [0.15, 0.2) is 17.2 Å². The number of aliphatic carboxylic acids is 1. The van der Waals surface area contributed by atoms with Crippen molar-refractivity contribution in [3.8, 4) is 23.0 Å². The highest BCUT2D eigenvalue weighted by molar-refractivity contribution is 6.47. The number of nitrogens with one attached hydrogen (secondary N) is 1. The fourth-order valence-electron chi connectivity index (χ4n) is 3.36. The van der Waals surface area contributed by atoms with Crippen molar-refractivity contribution in [1.29, 1.82) is 0 Å². The van der Waals surface area contributed by atoms with E-state index in [1.165, 1.54) is 12.1 Å².